The molecule has 2 nitrogen and oxygen atoms in total. The summed E-state index contributed by atoms with van der Waals surface area (Å²) in [6.07, 6.45) is 0. The van der Waals surface area contributed by atoms with Crippen LogP contribution in [0.5, 0.6) is 0 Å². The third-order valence-electron chi connectivity index (χ3n) is 10.3. The fourth-order valence-corrected chi connectivity index (χ4v) is 7.87. The molecule has 1 aromatic heterocycles. The third kappa shape index (κ3) is 4.17. The quantitative estimate of drug-likeness (QED) is 0.199. The van der Waals surface area contributed by atoms with E-state index >= 15 is 0 Å². The molecule has 0 N–H and O–H groups in total. The summed E-state index contributed by atoms with van der Waals surface area (Å²) >= 11 is 0. The van der Waals surface area contributed by atoms with Crippen molar-refractivity contribution in [2.75, 3.05) is 4.90 Å². The highest BCUT2D eigenvalue weighted by Gasteiger charge is 2.36. The number of para-hydroxylation sites is 3. The predicted octanol–water partition coefficient (Wildman–Crippen LogP) is 13.0. The summed E-state index contributed by atoms with van der Waals surface area (Å²) in [6, 6.07) is 48.9. The lowest BCUT2D eigenvalue weighted by molar-refractivity contribution is 0.573. The number of nitrogens with zero attached hydrogens (tertiary/aromatic N) is 1. The Morgan fingerprint density at radius 3 is 1.81 bits per heavy atom. The third-order valence-corrected chi connectivity index (χ3v) is 10.3. The normalized spacial score (nSPS) is 13.8. The van der Waals surface area contributed by atoms with Gasteiger partial charge in [0.05, 0.1) is 5.69 Å². The van der Waals surface area contributed by atoms with Crippen LogP contribution in [0.4, 0.5) is 17.1 Å². The van der Waals surface area contributed by atoms with E-state index in [4.69, 9.17) is 4.42 Å². The van der Waals surface area contributed by atoms with Crippen molar-refractivity contribution < 1.29 is 4.42 Å². The number of hydrogen-bond donors (Lipinski definition) is 0. The molecule has 1 aliphatic carbocycles. The standard InChI is InChI=1S/C45H37NO/c1-44(2,3)38-19-11-17-34-35-18-12-20-41(43(35)47-42(34)38)46(32-15-7-6-8-16-32)33-22-21-30-25-37-36-24-28-13-9-10-14-29(28)26-39(36)45(4,5)40(37)27-31(30)23-33/h6-27H,1-5H3. The molecule has 0 atom stereocenters. The van der Waals surface area contributed by atoms with Crippen molar-refractivity contribution in [3.63, 3.8) is 0 Å². The minimum atomic E-state index is -0.0946. The molecule has 0 radical (unpaired) electrons. The molecule has 8 aromatic rings. The van der Waals surface area contributed by atoms with Crippen LogP contribution >= 0.6 is 0 Å². The van der Waals surface area contributed by atoms with Crippen molar-refractivity contribution in [3.8, 4) is 11.1 Å². The second-order valence-electron chi connectivity index (χ2n) is 14.7. The smallest absolute Gasteiger partial charge is 0.159 e. The fourth-order valence-electron chi connectivity index (χ4n) is 7.87. The molecule has 0 bridgehead atoms. The van der Waals surface area contributed by atoms with E-state index in [1.54, 1.807) is 0 Å². The van der Waals surface area contributed by atoms with Crippen LogP contribution < -0.4 is 4.90 Å². The van der Waals surface area contributed by atoms with Gasteiger partial charge in [0.1, 0.15) is 5.58 Å². The molecule has 1 aliphatic rings. The number of anilines is 3. The van der Waals surface area contributed by atoms with Crippen LogP contribution in [-0.4, -0.2) is 0 Å². The van der Waals surface area contributed by atoms with Crippen molar-refractivity contribution >= 4 is 60.5 Å². The monoisotopic (exact) mass is 607 g/mol. The minimum Gasteiger partial charge on any atom is -0.454 e. The Hall–Kier alpha value is -5.34. The van der Waals surface area contributed by atoms with Gasteiger partial charge in [-0.25, -0.2) is 0 Å². The summed E-state index contributed by atoms with van der Waals surface area (Å²) in [5, 5.41) is 7.36. The van der Waals surface area contributed by atoms with Gasteiger partial charge in [0, 0.05) is 33.1 Å². The Labute approximate surface area is 275 Å². The first-order valence-corrected chi connectivity index (χ1v) is 16.6. The molecule has 47 heavy (non-hydrogen) atoms. The van der Waals surface area contributed by atoms with E-state index in [1.165, 1.54) is 49.4 Å². The van der Waals surface area contributed by atoms with Crippen LogP contribution in [0, 0.1) is 0 Å². The minimum absolute atomic E-state index is 0.0363. The zero-order valence-corrected chi connectivity index (χ0v) is 27.6. The van der Waals surface area contributed by atoms with E-state index in [9.17, 15) is 0 Å². The van der Waals surface area contributed by atoms with Crippen LogP contribution in [0.15, 0.2) is 138 Å². The van der Waals surface area contributed by atoms with E-state index in [0.717, 1.165) is 39.0 Å². The zero-order chi connectivity index (χ0) is 32.1. The number of hydrogen-bond acceptors (Lipinski definition) is 2. The molecular formula is C45H37NO. The predicted molar refractivity (Wildman–Crippen MR) is 200 cm³/mol. The van der Waals surface area contributed by atoms with Crippen LogP contribution in [0.1, 0.15) is 51.3 Å². The highest BCUT2D eigenvalue weighted by atomic mass is 16.3. The topological polar surface area (TPSA) is 16.4 Å². The molecule has 7 aromatic carbocycles. The molecule has 0 saturated carbocycles. The molecule has 2 heteroatoms. The summed E-state index contributed by atoms with van der Waals surface area (Å²) in [5.74, 6) is 0. The maximum absolute atomic E-state index is 6.87. The maximum atomic E-state index is 6.87. The summed E-state index contributed by atoms with van der Waals surface area (Å²) in [4.78, 5) is 2.35. The van der Waals surface area contributed by atoms with Crippen LogP contribution in [-0.2, 0) is 10.8 Å². The summed E-state index contributed by atoms with van der Waals surface area (Å²) < 4.78 is 6.87. The highest BCUT2D eigenvalue weighted by Crippen LogP contribution is 2.52. The Morgan fingerprint density at radius 1 is 0.511 bits per heavy atom. The molecule has 0 amide bonds. The Bertz CT molecular complexity index is 2530. The van der Waals surface area contributed by atoms with Gasteiger partial charge < -0.3 is 9.32 Å². The lowest BCUT2D eigenvalue weighted by Crippen LogP contribution is -2.15. The fraction of sp³-hybridized carbons (Fsp3) is 0.156. The average molecular weight is 608 g/mol. The van der Waals surface area contributed by atoms with Crippen molar-refractivity contribution in [1.82, 2.24) is 0 Å². The van der Waals surface area contributed by atoms with E-state index in [2.05, 4.69) is 173 Å². The lowest BCUT2D eigenvalue weighted by atomic mass is 9.81. The average Bonchev–Trinajstić information content (AvgIpc) is 3.55. The SMILES string of the molecule is CC(C)(C)c1cccc2c1oc1c(N(c3ccccc3)c3ccc4cc5c(cc4c3)C(C)(C)c3cc4ccccc4cc3-5)cccc12. The first kappa shape index (κ1) is 27.9. The maximum Gasteiger partial charge on any atom is 0.159 e. The van der Waals surface area contributed by atoms with Gasteiger partial charge >= 0.3 is 0 Å². The Balaban J connectivity index is 1.25. The number of furan rings is 1. The number of fused-ring (bicyclic) bond motifs is 8. The van der Waals surface area contributed by atoms with Gasteiger partial charge in [-0.05, 0) is 104 Å². The van der Waals surface area contributed by atoms with Gasteiger partial charge in [0.2, 0.25) is 0 Å². The largest absolute Gasteiger partial charge is 0.454 e. The van der Waals surface area contributed by atoms with Gasteiger partial charge in [-0.3, -0.25) is 0 Å². The van der Waals surface area contributed by atoms with E-state index < -0.39 is 0 Å². The van der Waals surface area contributed by atoms with Crippen molar-refractivity contribution in [2.24, 2.45) is 0 Å². The molecule has 9 rings (SSSR count). The number of benzene rings is 7. The van der Waals surface area contributed by atoms with E-state index in [-0.39, 0.29) is 10.8 Å². The summed E-state index contributed by atoms with van der Waals surface area (Å²) in [7, 11) is 0. The zero-order valence-electron chi connectivity index (χ0n) is 27.6. The van der Waals surface area contributed by atoms with Gasteiger partial charge in [-0.2, -0.15) is 0 Å². The molecule has 0 fully saturated rings. The second kappa shape index (κ2) is 9.83. The molecular weight excluding hydrogens is 571 g/mol. The van der Waals surface area contributed by atoms with Crippen LogP contribution in [0.2, 0.25) is 0 Å². The van der Waals surface area contributed by atoms with Gasteiger partial charge in [0.25, 0.3) is 0 Å². The van der Waals surface area contributed by atoms with Gasteiger partial charge in [-0.15, -0.1) is 0 Å². The number of rotatable bonds is 3. The summed E-state index contributed by atoms with van der Waals surface area (Å²) in [6.45, 7) is 11.5. The second-order valence-corrected chi connectivity index (χ2v) is 14.7. The van der Waals surface area contributed by atoms with E-state index in [1.807, 2.05) is 0 Å². The highest BCUT2D eigenvalue weighted by molar-refractivity contribution is 6.11. The summed E-state index contributed by atoms with van der Waals surface area (Å²) in [5.41, 5.74) is 11.7. The molecule has 0 unspecified atom stereocenters. The Kier molecular flexibility index (Phi) is 5.84. The van der Waals surface area contributed by atoms with Crippen LogP contribution in [0.25, 0.3) is 54.6 Å². The van der Waals surface area contributed by atoms with Crippen molar-refractivity contribution in [2.45, 2.75) is 45.4 Å². The van der Waals surface area contributed by atoms with Crippen molar-refractivity contribution in [3.05, 3.63) is 150 Å². The van der Waals surface area contributed by atoms with E-state index in [0.29, 0.717) is 0 Å². The van der Waals surface area contributed by atoms with Gasteiger partial charge in [-0.1, -0.05) is 113 Å². The molecule has 0 saturated heterocycles. The lowest BCUT2D eigenvalue weighted by Gasteiger charge is -2.26. The van der Waals surface area contributed by atoms with Crippen LogP contribution in [0.3, 0.4) is 0 Å². The van der Waals surface area contributed by atoms with Crippen molar-refractivity contribution in [1.29, 1.82) is 0 Å². The van der Waals surface area contributed by atoms with Gasteiger partial charge in [0.15, 0.2) is 5.58 Å². The molecule has 1 heterocycles. The Morgan fingerprint density at radius 2 is 1.11 bits per heavy atom. The first-order valence-electron chi connectivity index (χ1n) is 16.6. The first-order chi connectivity index (χ1) is 22.7. The molecule has 0 spiro atoms. The molecule has 228 valence electrons. The molecule has 0 aliphatic heterocycles.